The van der Waals surface area contributed by atoms with Gasteiger partial charge in [-0.15, -0.1) is 6.58 Å². The Balaban J connectivity index is 2.47. The highest BCUT2D eigenvalue weighted by Gasteiger charge is 2.09. The van der Waals surface area contributed by atoms with Crippen LogP contribution in [0, 0.1) is 0 Å². The molecule has 1 aromatic carbocycles. The molecule has 1 atom stereocenters. The van der Waals surface area contributed by atoms with Crippen LogP contribution in [0.15, 0.2) is 36.9 Å². The molecule has 0 radical (unpaired) electrons. The van der Waals surface area contributed by atoms with Gasteiger partial charge in [-0.3, -0.25) is 4.79 Å². The van der Waals surface area contributed by atoms with E-state index in [1.807, 2.05) is 13.0 Å². The largest absolute Gasteiger partial charge is 0.478 e. The molecule has 0 saturated heterocycles. The predicted octanol–water partition coefficient (Wildman–Crippen LogP) is 2.79. The number of carboxylic acid groups (broad SMARTS) is 1. The van der Waals surface area contributed by atoms with Crippen LogP contribution < -0.4 is 5.32 Å². The predicted molar refractivity (Wildman–Crippen MR) is 78.8 cm³/mol. The van der Waals surface area contributed by atoms with E-state index < -0.39 is 5.97 Å². The molecule has 0 aliphatic heterocycles. The van der Waals surface area contributed by atoms with Gasteiger partial charge in [0.1, 0.15) is 0 Å². The van der Waals surface area contributed by atoms with Crippen LogP contribution in [0.2, 0.25) is 0 Å². The van der Waals surface area contributed by atoms with E-state index in [-0.39, 0.29) is 23.9 Å². The number of carbonyl (C=O) groups excluding carboxylic acids is 1. The summed E-state index contributed by atoms with van der Waals surface area (Å²) < 4.78 is 0. The summed E-state index contributed by atoms with van der Waals surface area (Å²) in [7, 11) is 0. The van der Waals surface area contributed by atoms with Crippen molar-refractivity contribution in [3.05, 3.63) is 48.0 Å². The zero-order chi connectivity index (χ0) is 15.0. The van der Waals surface area contributed by atoms with E-state index >= 15 is 0 Å². The molecule has 0 bridgehead atoms. The van der Waals surface area contributed by atoms with E-state index in [1.165, 1.54) is 12.1 Å². The van der Waals surface area contributed by atoms with Gasteiger partial charge in [0.2, 0.25) is 5.91 Å². The number of amides is 1. The smallest absolute Gasteiger partial charge is 0.335 e. The van der Waals surface area contributed by atoms with Crippen molar-refractivity contribution in [3.8, 4) is 0 Å². The molecule has 0 fully saturated rings. The van der Waals surface area contributed by atoms with Crippen molar-refractivity contribution in [1.29, 1.82) is 0 Å². The minimum atomic E-state index is -0.981. The highest BCUT2D eigenvalue weighted by atomic mass is 16.4. The standard InChI is InChI=1S/C16H21NO3/c1-3-4-5-7-12(2)17-15(18)11-13-8-6-9-14(10-13)16(19)20/h3,6,8-10,12H,1,4-5,7,11H2,2H3,(H,17,18)(H,19,20). The lowest BCUT2D eigenvalue weighted by atomic mass is 10.1. The Kier molecular flexibility index (Phi) is 6.50. The van der Waals surface area contributed by atoms with Crippen LogP contribution in [0.1, 0.15) is 42.1 Å². The van der Waals surface area contributed by atoms with Crippen LogP contribution >= 0.6 is 0 Å². The van der Waals surface area contributed by atoms with E-state index in [9.17, 15) is 9.59 Å². The molecule has 108 valence electrons. The van der Waals surface area contributed by atoms with Gasteiger partial charge < -0.3 is 10.4 Å². The van der Waals surface area contributed by atoms with Crippen molar-refractivity contribution in [2.24, 2.45) is 0 Å². The van der Waals surface area contributed by atoms with Crippen LogP contribution in [0.3, 0.4) is 0 Å². The third-order valence-corrected chi connectivity index (χ3v) is 2.99. The minimum Gasteiger partial charge on any atom is -0.478 e. The maximum Gasteiger partial charge on any atom is 0.335 e. The van der Waals surface area contributed by atoms with Gasteiger partial charge in [0.25, 0.3) is 0 Å². The number of allylic oxidation sites excluding steroid dienone is 1. The molecular formula is C16H21NO3. The lowest BCUT2D eigenvalue weighted by Gasteiger charge is -2.13. The number of rotatable bonds is 8. The number of nitrogens with one attached hydrogen (secondary N) is 1. The lowest BCUT2D eigenvalue weighted by Crippen LogP contribution is -2.33. The molecule has 1 amide bonds. The Morgan fingerprint density at radius 2 is 2.20 bits per heavy atom. The van der Waals surface area contributed by atoms with E-state index in [1.54, 1.807) is 12.1 Å². The molecule has 20 heavy (non-hydrogen) atoms. The number of hydrogen-bond acceptors (Lipinski definition) is 2. The molecule has 0 saturated carbocycles. The number of benzene rings is 1. The number of hydrogen-bond donors (Lipinski definition) is 2. The fraction of sp³-hybridized carbons (Fsp3) is 0.375. The Morgan fingerprint density at radius 3 is 2.85 bits per heavy atom. The third-order valence-electron chi connectivity index (χ3n) is 2.99. The number of aromatic carboxylic acids is 1. The normalized spacial score (nSPS) is 11.7. The topological polar surface area (TPSA) is 66.4 Å². The Morgan fingerprint density at radius 1 is 1.45 bits per heavy atom. The Hall–Kier alpha value is -2.10. The summed E-state index contributed by atoms with van der Waals surface area (Å²) in [5.41, 5.74) is 0.912. The number of unbranched alkanes of at least 4 members (excludes halogenated alkanes) is 1. The minimum absolute atomic E-state index is 0.0846. The zero-order valence-corrected chi connectivity index (χ0v) is 11.8. The maximum absolute atomic E-state index is 11.9. The van der Waals surface area contributed by atoms with Crippen LogP contribution in [0.5, 0.6) is 0 Å². The second kappa shape index (κ2) is 8.15. The first-order valence-corrected chi connectivity index (χ1v) is 6.75. The second-order valence-electron chi connectivity index (χ2n) is 4.87. The summed E-state index contributed by atoms with van der Waals surface area (Å²) in [5.74, 6) is -1.07. The molecule has 4 heteroatoms. The molecule has 0 aliphatic carbocycles. The molecule has 0 spiro atoms. The van der Waals surface area contributed by atoms with Gasteiger partial charge in [0, 0.05) is 6.04 Å². The quantitative estimate of drug-likeness (QED) is 0.566. The highest BCUT2D eigenvalue weighted by molar-refractivity contribution is 5.88. The van der Waals surface area contributed by atoms with Crippen molar-refractivity contribution in [2.75, 3.05) is 0 Å². The third kappa shape index (κ3) is 5.69. The summed E-state index contributed by atoms with van der Waals surface area (Å²) in [6.45, 7) is 5.63. The fourth-order valence-electron chi connectivity index (χ4n) is 1.97. The van der Waals surface area contributed by atoms with Gasteiger partial charge in [-0.05, 0) is 43.9 Å². The summed E-state index contributed by atoms with van der Waals surface area (Å²) in [4.78, 5) is 22.7. The van der Waals surface area contributed by atoms with Crippen molar-refractivity contribution in [3.63, 3.8) is 0 Å². The summed E-state index contributed by atoms with van der Waals surface area (Å²) >= 11 is 0. The van der Waals surface area contributed by atoms with E-state index in [0.29, 0.717) is 5.56 Å². The van der Waals surface area contributed by atoms with Crippen LogP contribution in [-0.2, 0) is 11.2 Å². The van der Waals surface area contributed by atoms with Gasteiger partial charge in [0.05, 0.1) is 12.0 Å². The molecule has 2 N–H and O–H groups in total. The second-order valence-corrected chi connectivity index (χ2v) is 4.87. The van der Waals surface area contributed by atoms with Gasteiger partial charge in [-0.2, -0.15) is 0 Å². The van der Waals surface area contributed by atoms with Crippen molar-refractivity contribution in [1.82, 2.24) is 5.32 Å². The average molecular weight is 275 g/mol. The average Bonchev–Trinajstić information content (AvgIpc) is 2.39. The fourth-order valence-corrected chi connectivity index (χ4v) is 1.97. The van der Waals surface area contributed by atoms with E-state index in [2.05, 4.69) is 11.9 Å². The molecule has 1 rings (SSSR count). The molecular weight excluding hydrogens is 254 g/mol. The molecule has 1 aromatic rings. The first-order valence-electron chi connectivity index (χ1n) is 6.75. The van der Waals surface area contributed by atoms with E-state index in [4.69, 9.17) is 5.11 Å². The van der Waals surface area contributed by atoms with Gasteiger partial charge in [-0.25, -0.2) is 4.79 Å². The molecule has 4 nitrogen and oxygen atoms in total. The summed E-state index contributed by atoms with van der Waals surface area (Å²) in [6.07, 6.45) is 4.92. The molecule has 0 aromatic heterocycles. The molecule has 0 aliphatic rings. The molecule has 1 unspecified atom stereocenters. The van der Waals surface area contributed by atoms with Gasteiger partial charge in [0.15, 0.2) is 0 Å². The maximum atomic E-state index is 11.9. The lowest BCUT2D eigenvalue weighted by molar-refractivity contribution is -0.121. The van der Waals surface area contributed by atoms with Crippen molar-refractivity contribution < 1.29 is 14.7 Å². The highest BCUT2D eigenvalue weighted by Crippen LogP contribution is 2.07. The Bertz CT molecular complexity index is 482. The van der Waals surface area contributed by atoms with Crippen LogP contribution in [-0.4, -0.2) is 23.0 Å². The monoisotopic (exact) mass is 275 g/mol. The zero-order valence-electron chi connectivity index (χ0n) is 11.8. The SMILES string of the molecule is C=CCCCC(C)NC(=O)Cc1cccc(C(=O)O)c1. The van der Waals surface area contributed by atoms with Gasteiger partial charge in [-0.1, -0.05) is 18.2 Å². The first kappa shape index (κ1) is 16.0. The van der Waals surface area contributed by atoms with Crippen LogP contribution in [0.25, 0.3) is 0 Å². The molecule has 0 heterocycles. The summed E-state index contributed by atoms with van der Waals surface area (Å²) in [6, 6.07) is 6.57. The number of carboxylic acids is 1. The van der Waals surface area contributed by atoms with Gasteiger partial charge >= 0.3 is 5.97 Å². The number of carbonyl (C=O) groups is 2. The Labute approximate surface area is 119 Å². The van der Waals surface area contributed by atoms with Crippen LogP contribution in [0.4, 0.5) is 0 Å². The first-order chi connectivity index (χ1) is 9.52. The van der Waals surface area contributed by atoms with Crippen molar-refractivity contribution in [2.45, 2.75) is 38.6 Å². The van der Waals surface area contributed by atoms with Crippen molar-refractivity contribution >= 4 is 11.9 Å². The van der Waals surface area contributed by atoms with E-state index in [0.717, 1.165) is 19.3 Å². The summed E-state index contributed by atoms with van der Waals surface area (Å²) in [5, 5.41) is 11.8.